The average molecular weight is 595 g/mol. The molecule has 2 nitrogen and oxygen atoms in total. The lowest BCUT2D eigenvalue weighted by atomic mass is 9.95. The fourth-order valence-corrected chi connectivity index (χ4v) is 8.06. The van der Waals surface area contributed by atoms with Crippen LogP contribution in [0, 0.1) is 6.92 Å². The zero-order chi connectivity index (χ0) is 30.1. The Bertz CT molecular complexity index is 2630. The highest BCUT2D eigenvalue weighted by atomic mass is 32.1. The molecular weight excluding hydrogens is 565 g/mol. The van der Waals surface area contributed by atoms with Crippen molar-refractivity contribution < 1.29 is 0 Å². The van der Waals surface area contributed by atoms with Crippen LogP contribution >= 0.6 is 11.3 Å². The zero-order valence-electron chi connectivity index (χ0n) is 25.2. The summed E-state index contributed by atoms with van der Waals surface area (Å²) in [6, 6.07) is 44.5. The first-order chi connectivity index (χ1) is 22.2. The quantitative estimate of drug-likeness (QED) is 0.185. The lowest BCUT2D eigenvalue weighted by Crippen LogP contribution is -1.93. The minimum atomic E-state index is 1.00. The third kappa shape index (κ3) is 4.04. The predicted octanol–water partition coefficient (Wildman–Crippen LogP) is 12.2. The predicted molar refractivity (Wildman–Crippen MR) is 196 cm³/mol. The molecule has 9 rings (SSSR count). The van der Waals surface area contributed by atoms with Gasteiger partial charge < -0.3 is 0 Å². The average Bonchev–Trinajstić information content (AvgIpc) is 3.64. The maximum absolute atomic E-state index is 5.15. The smallest absolute Gasteiger partial charge is 0.146 e. The van der Waals surface area contributed by atoms with E-state index in [1.807, 2.05) is 11.3 Å². The van der Waals surface area contributed by atoms with Gasteiger partial charge in [-0.3, -0.25) is 4.40 Å². The highest BCUT2D eigenvalue weighted by Crippen LogP contribution is 2.39. The molecular formula is C42H30N2S. The fourth-order valence-electron chi connectivity index (χ4n) is 7.02. The summed E-state index contributed by atoms with van der Waals surface area (Å²) in [5.74, 6) is 0. The van der Waals surface area contributed by atoms with Crippen LogP contribution in [-0.2, 0) is 0 Å². The number of aryl methyl sites for hydroxylation is 1. The highest BCUT2D eigenvalue weighted by molar-refractivity contribution is 7.19. The van der Waals surface area contributed by atoms with Crippen molar-refractivity contribution in [3.05, 3.63) is 138 Å². The number of aromatic nitrogens is 2. The Kier molecular flexibility index (Phi) is 5.91. The lowest BCUT2D eigenvalue weighted by molar-refractivity contribution is 1.23. The van der Waals surface area contributed by atoms with Crippen LogP contribution in [0.15, 0.2) is 127 Å². The molecule has 0 saturated heterocycles. The van der Waals surface area contributed by atoms with E-state index in [1.54, 1.807) is 0 Å². The number of rotatable bonds is 4. The molecule has 0 aliphatic carbocycles. The molecule has 3 heterocycles. The normalized spacial score (nSPS) is 12.2. The van der Waals surface area contributed by atoms with E-state index in [4.69, 9.17) is 4.98 Å². The number of hydrogen-bond acceptors (Lipinski definition) is 2. The first kappa shape index (κ1) is 26.2. The summed E-state index contributed by atoms with van der Waals surface area (Å²) in [4.78, 5) is 6.53. The van der Waals surface area contributed by atoms with Crippen molar-refractivity contribution in [3.63, 3.8) is 0 Å². The van der Waals surface area contributed by atoms with Crippen molar-refractivity contribution >= 4 is 76.6 Å². The standard InChI is InChI=1S/C42H30N2S/c1-3-4-10-32-26(2)45-40-23-20-30(24-36(32)40)27-14-16-28(17-15-27)31-19-21-34-39(25-31)44-38-13-8-7-12-37(38)43-42(44)35-22-18-29-9-5-6-11-33(29)41(34)35/h4-25H,3H2,1-2H3/b10-4-. The molecule has 0 aliphatic heterocycles. The Morgan fingerprint density at radius 3 is 2.20 bits per heavy atom. The molecule has 0 fully saturated rings. The van der Waals surface area contributed by atoms with Gasteiger partial charge in [0.25, 0.3) is 0 Å². The van der Waals surface area contributed by atoms with Gasteiger partial charge in [0.15, 0.2) is 0 Å². The summed E-state index contributed by atoms with van der Waals surface area (Å²) in [7, 11) is 0. The minimum absolute atomic E-state index is 1.00. The second kappa shape index (κ2) is 10.2. The van der Waals surface area contributed by atoms with Crippen LogP contribution in [0.3, 0.4) is 0 Å². The van der Waals surface area contributed by atoms with E-state index >= 15 is 0 Å². The number of benzene rings is 6. The van der Waals surface area contributed by atoms with Gasteiger partial charge in [-0.1, -0.05) is 104 Å². The van der Waals surface area contributed by atoms with Crippen molar-refractivity contribution in [1.29, 1.82) is 0 Å². The summed E-state index contributed by atoms with van der Waals surface area (Å²) < 4.78 is 3.70. The molecule has 0 bridgehead atoms. The number of pyridine rings is 1. The van der Waals surface area contributed by atoms with E-state index in [2.05, 4.69) is 152 Å². The van der Waals surface area contributed by atoms with Crippen molar-refractivity contribution in [2.75, 3.05) is 0 Å². The van der Waals surface area contributed by atoms with Gasteiger partial charge >= 0.3 is 0 Å². The van der Waals surface area contributed by atoms with Gasteiger partial charge in [0.2, 0.25) is 0 Å². The number of allylic oxidation sites excluding steroid dienone is 1. The monoisotopic (exact) mass is 594 g/mol. The van der Waals surface area contributed by atoms with Crippen molar-refractivity contribution in [2.24, 2.45) is 0 Å². The Hall–Kier alpha value is -5.25. The molecule has 45 heavy (non-hydrogen) atoms. The number of thiophene rings is 1. The molecule has 6 aromatic carbocycles. The zero-order valence-corrected chi connectivity index (χ0v) is 26.0. The maximum Gasteiger partial charge on any atom is 0.146 e. The van der Waals surface area contributed by atoms with Crippen molar-refractivity contribution in [1.82, 2.24) is 9.38 Å². The van der Waals surface area contributed by atoms with Gasteiger partial charge in [0, 0.05) is 31.1 Å². The molecule has 214 valence electrons. The summed E-state index contributed by atoms with van der Waals surface area (Å²) in [6.07, 6.45) is 5.58. The van der Waals surface area contributed by atoms with Crippen LogP contribution in [0.2, 0.25) is 0 Å². The molecule has 0 aliphatic rings. The third-order valence-electron chi connectivity index (χ3n) is 9.22. The molecule has 0 N–H and O–H groups in total. The van der Waals surface area contributed by atoms with Crippen LogP contribution in [-0.4, -0.2) is 9.38 Å². The number of para-hydroxylation sites is 2. The summed E-state index contributed by atoms with van der Waals surface area (Å²) in [5, 5.41) is 7.54. The van der Waals surface area contributed by atoms with E-state index in [-0.39, 0.29) is 0 Å². The molecule has 0 amide bonds. The van der Waals surface area contributed by atoms with Gasteiger partial charge in [-0.2, -0.15) is 0 Å². The van der Waals surface area contributed by atoms with Crippen molar-refractivity contribution in [2.45, 2.75) is 20.3 Å². The SMILES string of the molecule is CC/C=C\c1c(C)sc2ccc(-c3ccc(-c4ccc5c6c7ccccc7ccc6c6nc7ccccc7n6c5c4)cc3)cc12. The van der Waals surface area contributed by atoms with E-state index in [9.17, 15) is 0 Å². The number of hydrogen-bond donors (Lipinski definition) is 0. The van der Waals surface area contributed by atoms with Crippen LogP contribution in [0.1, 0.15) is 23.8 Å². The molecule has 0 unspecified atom stereocenters. The molecule has 0 saturated carbocycles. The fraction of sp³-hybridized carbons (Fsp3) is 0.0714. The van der Waals surface area contributed by atoms with E-state index in [0.29, 0.717) is 0 Å². The summed E-state index contributed by atoms with van der Waals surface area (Å²) in [5.41, 5.74) is 10.6. The van der Waals surface area contributed by atoms with E-state index < -0.39 is 0 Å². The largest absolute Gasteiger partial charge is 0.292 e. The van der Waals surface area contributed by atoms with Gasteiger partial charge in [-0.05, 0) is 88.3 Å². The Morgan fingerprint density at radius 1 is 0.644 bits per heavy atom. The van der Waals surface area contributed by atoms with Crippen LogP contribution < -0.4 is 0 Å². The van der Waals surface area contributed by atoms with Crippen LogP contribution in [0.25, 0.3) is 87.5 Å². The Labute approximate surface area is 265 Å². The van der Waals surface area contributed by atoms with Gasteiger partial charge in [-0.15, -0.1) is 11.3 Å². The summed E-state index contributed by atoms with van der Waals surface area (Å²) in [6.45, 7) is 4.41. The Balaban J connectivity index is 1.22. The minimum Gasteiger partial charge on any atom is -0.292 e. The number of fused-ring (bicyclic) bond motifs is 11. The van der Waals surface area contributed by atoms with Crippen molar-refractivity contribution in [3.8, 4) is 22.3 Å². The first-order valence-electron chi connectivity index (χ1n) is 15.6. The third-order valence-corrected chi connectivity index (χ3v) is 10.3. The van der Waals surface area contributed by atoms with Crippen LogP contribution in [0.4, 0.5) is 0 Å². The molecule has 0 spiro atoms. The highest BCUT2D eigenvalue weighted by Gasteiger charge is 2.16. The second-order valence-electron chi connectivity index (χ2n) is 11.9. The molecule has 0 atom stereocenters. The molecule has 3 aromatic heterocycles. The van der Waals surface area contributed by atoms with Gasteiger partial charge in [0.1, 0.15) is 5.65 Å². The molecule has 3 heteroatoms. The van der Waals surface area contributed by atoms with E-state index in [0.717, 1.165) is 23.1 Å². The topological polar surface area (TPSA) is 17.3 Å². The van der Waals surface area contributed by atoms with Gasteiger partial charge in [-0.25, -0.2) is 4.98 Å². The number of nitrogens with zero attached hydrogens (tertiary/aromatic N) is 2. The van der Waals surface area contributed by atoms with Gasteiger partial charge in [0.05, 0.1) is 16.6 Å². The van der Waals surface area contributed by atoms with E-state index in [1.165, 1.54) is 75.2 Å². The Morgan fingerprint density at radius 2 is 1.36 bits per heavy atom. The van der Waals surface area contributed by atoms with Crippen LogP contribution in [0.5, 0.6) is 0 Å². The summed E-state index contributed by atoms with van der Waals surface area (Å²) >= 11 is 1.88. The molecule has 9 aromatic rings. The lowest BCUT2D eigenvalue weighted by Gasteiger charge is -2.13. The first-order valence-corrected chi connectivity index (χ1v) is 16.4. The molecule has 0 radical (unpaired) electrons. The second-order valence-corrected chi connectivity index (χ2v) is 13.1. The number of imidazole rings is 1. The maximum atomic E-state index is 5.15.